The van der Waals surface area contributed by atoms with Gasteiger partial charge in [-0.05, 0) is 98.2 Å². The Balaban J connectivity index is 0.846. The summed E-state index contributed by atoms with van der Waals surface area (Å²) in [5.41, 5.74) is 3.10. The summed E-state index contributed by atoms with van der Waals surface area (Å²) in [5, 5.41) is 8.67. The number of ether oxygens (including phenoxy) is 1. The predicted molar refractivity (Wildman–Crippen MR) is 187 cm³/mol. The molecule has 0 bridgehead atoms. The zero-order valence-electron chi connectivity index (χ0n) is 28.1. The Bertz CT molecular complexity index is 1950. The number of benzene rings is 3. The van der Waals surface area contributed by atoms with E-state index >= 15 is 4.39 Å². The molecular weight excluding hydrogens is 638 g/mol. The SMILES string of the molecule is O=c1n(-c2ccc(N3CCN(c4ccc(OC[C@@H]5CC[C@@](Cn6cncn6)(c6ccc(F)cc6F)C5)cc4)CC3)cc2)cnn1C1CCCC1. The molecule has 12 heteroatoms. The van der Waals surface area contributed by atoms with Crippen LogP contribution in [0.2, 0.25) is 0 Å². The van der Waals surface area contributed by atoms with Crippen LogP contribution in [-0.4, -0.2) is 61.9 Å². The van der Waals surface area contributed by atoms with E-state index < -0.39 is 17.0 Å². The van der Waals surface area contributed by atoms with Gasteiger partial charge in [-0.15, -0.1) is 0 Å². The van der Waals surface area contributed by atoms with Crippen LogP contribution in [0.15, 0.2) is 90.5 Å². The second kappa shape index (κ2) is 13.7. The first-order chi connectivity index (χ1) is 24.4. The highest BCUT2D eigenvalue weighted by atomic mass is 19.1. The van der Waals surface area contributed by atoms with E-state index in [4.69, 9.17) is 4.74 Å². The van der Waals surface area contributed by atoms with Crippen LogP contribution < -0.4 is 20.2 Å². The predicted octanol–water partition coefficient (Wildman–Crippen LogP) is 6.16. The summed E-state index contributed by atoms with van der Waals surface area (Å²) in [6.07, 6.45) is 11.5. The van der Waals surface area contributed by atoms with Crippen molar-refractivity contribution in [3.05, 3.63) is 113 Å². The molecule has 0 radical (unpaired) electrons. The van der Waals surface area contributed by atoms with Crippen LogP contribution in [0.1, 0.15) is 56.6 Å². The Labute approximate surface area is 289 Å². The lowest BCUT2D eigenvalue weighted by Gasteiger charge is -2.37. The van der Waals surface area contributed by atoms with E-state index in [1.54, 1.807) is 32.7 Å². The molecule has 3 aliphatic rings. The van der Waals surface area contributed by atoms with Crippen molar-refractivity contribution in [3.8, 4) is 11.4 Å². The molecule has 0 N–H and O–H groups in total. The second-order valence-corrected chi connectivity index (χ2v) is 14.1. The van der Waals surface area contributed by atoms with Crippen LogP contribution in [0, 0.1) is 17.6 Å². The molecule has 10 nitrogen and oxygen atoms in total. The number of hydrogen-bond donors (Lipinski definition) is 0. The van der Waals surface area contributed by atoms with Crippen LogP contribution in [-0.2, 0) is 12.0 Å². The number of anilines is 2. The van der Waals surface area contributed by atoms with E-state index in [9.17, 15) is 9.18 Å². The lowest BCUT2D eigenvalue weighted by molar-refractivity contribution is 0.237. The molecule has 2 saturated carbocycles. The van der Waals surface area contributed by atoms with Crippen molar-refractivity contribution in [1.29, 1.82) is 0 Å². The summed E-state index contributed by atoms with van der Waals surface area (Å²) in [6.45, 7) is 4.58. The Morgan fingerprint density at radius 1 is 0.800 bits per heavy atom. The van der Waals surface area contributed by atoms with Gasteiger partial charge in [-0.25, -0.2) is 27.8 Å². The topological polar surface area (TPSA) is 86.2 Å². The minimum absolute atomic E-state index is 0.0619. The largest absolute Gasteiger partial charge is 0.493 e. The molecule has 50 heavy (non-hydrogen) atoms. The number of nitrogens with zero attached hydrogens (tertiary/aromatic N) is 8. The van der Waals surface area contributed by atoms with Crippen LogP contribution in [0.3, 0.4) is 0 Å². The number of piperazine rings is 1. The van der Waals surface area contributed by atoms with Crippen molar-refractivity contribution in [2.75, 3.05) is 42.6 Å². The van der Waals surface area contributed by atoms with Gasteiger partial charge in [0.2, 0.25) is 0 Å². The fourth-order valence-corrected chi connectivity index (χ4v) is 8.30. The molecule has 0 spiro atoms. The minimum Gasteiger partial charge on any atom is -0.493 e. The Hall–Kier alpha value is -5.00. The van der Waals surface area contributed by atoms with Crippen molar-refractivity contribution >= 4 is 11.4 Å². The van der Waals surface area contributed by atoms with Crippen LogP contribution in [0.5, 0.6) is 5.75 Å². The first-order valence-corrected chi connectivity index (χ1v) is 17.7. The fraction of sp³-hybridized carbons (Fsp3) is 0.421. The molecular formula is C38H42F2N8O2. The Morgan fingerprint density at radius 2 is 1.48 bits per heavy atom. The van der Waals surface area contributed by atoms with Gasteiger partial charge in [-0.3, -0.25) is 4.68 Å². The van der Waals surface area contributed by atoms with Gasteiger partial charge in [0.25, 0.3) is 0 Å². The lowest BCUT2D eigenvalue weighted by atomic mass is 9.77. The molecule has 2 aromatic heterocycles. The first kappa shape index (κ1) is 32.2. The van der Waals surface area contributed by atoms with Gasteiger partial charge in [0.15, 0.2) is 0 Å². The van der Waals surface area contributed by atoms with Gasteiger partial charge >= 0.3 is 5.69 Å². The van der Waals surface area contributed by atoms with Gasteiger partial charge in [-0.2, -0.15) is 10.2 Å². The number of aromatic nitrogens is 6. The van der Waals surface area contributed by atoms with E-state index in [0.29, 0.717) is 25.1 Å². The summed E-state index contributed by atoms with van der Waals surface area (Å²) in [5.74, 6) is -0.0608. The molecule has 8 rings (SSSR count). The minimum atomic E-state index is -0.575. The number of hydrogen-bond acceptors (Lipinski definition) is 7. The molecule has 3 heterocycles. The number of halogens is 2. The fourth-order valence-electron chi connectivity index (χ4n) is 8.30. The van der Waals surface area contributed by atoms with Gasteiger partial charge in [0.05, 0.1) is 24.9 Å². The highest BCUT2D eigenvalue weighted by Crippen LogP contribution is 2.46. The van der Waals surface area contributed by atoms with E-state index in [-0.39, 0.29) is 17.6 Å². The molecule has 5 aromatic rings. The quantitative estimate of drug-likeness (QED) is 0.175. The standard InChI is InChI=1S/C38H42F2N8O2/c39-29-5-14-35(36(40)21-29)38(24-46-26-41-25-42-46)16-15-28(22-38)23-50-34-12-10-31(11-13-34)45-19-17-44(18-20-45)30-6-8-32(9-7-30)47-27-43-48(37(47)49)33-3-1-2-4-33/h5-14,21,25-28,33H,1-4,15-20,22-24H2/t28-,38-/m1/s1. The molecule has 1 saturated heterocycles. The van der Waals surface area contributed by atoms with E-state index in [2.05, 4.69) is 49.2 Å². The van der Waals surface area contributed by atoms with Gasteiger partial charge in [-0.1, -0.05) is 18.9 Å². The van der Waals surface area contributed by atoms with Gasteiger partial charge in [0, 0.05) is 49.0 Å². The summed E-state index contributed by atoms with van der Waals surface area (Å²) in [4.78, 5) is 21.8. The van der Waals surface area contributed by atoms with Crippen LogP contribution >= 0.6 is 0 Å². The zero-order valence-corrected chi connectivity index (χ0v) is 28.1. The van der Waals surface area contributed by atoms with Gasteiger partial charge in [0.1, 0.15) is 36.4 Å². The van der Waals surface area contributed by atoms with E-state index in [1.807, 2.05) is 24.3 Å². The maximum Gasteiger partial charge on any atom is 0.350 e. The van der Waals surface area contributed by atoms with Crippen molar-refractivity contribution in [3.63, 3.8) is 0 Å². The maximum absolute atomic E-state index is 15.0. The zero-order chi connectivity index (χ0) is 34.1. The molecule has 0 amide bonds. The Kier molecular flexibility index (Phi) is 8.84. The average Bonchev–Trinajstić information content (AvgIpc) is 3.97. The normalized spacial score (nSPS) is 21.3. The summed E-state index contributed by atoms with van der Waals surface area (Å²) in [6, 6.07) is 20.6. The van der Waals surface area contributed by atoms with Crippen molar-refractivity contribution in [2.45, 2.75) is 62.9 Å². The van der Waals surface area contributed by atoms with E-state index in [1.165, 1.54) is 12.4 Å². The van der Waals surface area contributed by atoms with Crippen molar-refractivity contribution in [1.82, 2.24) is 29.1 Å². The molecule has 3 aromatic carbocycles. The number of rotatable bonds is 10. The van der Waals surface area contributed by atoms with E-state index in [0.717, 1.165) is 93.6 Å². The molecule has 2 atom stereocenters. The Morgan fingerprint density at radius 3 is 2.14 bits per heavy atom. The molecule has 0 unspecified atom stereocenters. The summed E-state index contributed by atoms with van der Waals surface area (Å²) >= 11 is 0. The molecule has 1 aliphatic heterocycles. The van der Waals surface area contributed by atoms with Crippen LogP contribution in [0.25, 0.3) is 5.69 Å². The second-order valence-electron chi connectivity index (χ2n) is 14.1. The van der Waals surface area contributed by atoms with Crippen molar-refractivity contribution < 1.29 is 13.5 Å². The first-order valence-electron chi connectivity index (χ1n) is 17.7. The van der Waals surface area contributed by atoms with Crippen LogP contribution in [0.4, 0.5) is 20.2 Å². The smallest absolute Gasteiger partial charge is 0.350 e. The van der Waals surface area contributed by atoms with Crippen molar-refractivity contribution in [2.24, 2.45) is 5.92 Å². The monoisotopic (exact) mass is 680 g/mol. The molecule has 3 fully saturated rings. The third-order valence-electron chi connectivity index (χ3n) is 11.0. The lowest BCUT2D eigenvalue weighted by Crippen LogP contribution is -2.46. The maximum atomic E-state index is 15.0. The molecule has 260 valence electrons. The molecule has 2 aliphatic carbocycles. The highest BCUT2D eigenvalue weighted by Gasteiger charge is 2.43. The summed E-state index contributed by atoms with van der Waals surface area (Å²) < 4.78 is 40.1. The van der Waals surface area contributed by atoms with Gasteiger partial charge < -0.3 is 14.5 Å². The average molecular weight is 681 g/mol. The third-order valence-corrected chi connectivity index (χ3v) is 11.0. The summed E-state index contributed by atoms with van der Waals surface area (Å²) in [7, 11) is 0. The third kappa shape index (κ3) is 6.50. The highest BCUT2D eigenvalue weighted by molar-refractivity contribution is 5.54.